The minimum atomic E-state index is -0.204. The number of nitrogens with one attached hydrogen (secondary N) is 1. The summed E-state index contributed by atoms with van der Waals surface area (Å²) in [4.78, 5) is 1.61. The first-order valence-electron chi connectivity index (χ1n) is 6.63. The van der Waals surface area contributed by atoms with E-state index in [0.717, 1.165) is 28.4 Å². The fourth-order valence-electron chi connectivity index (χ4n) is 1.84. The van der Waals surface area contributed by atoms with Crippen LogP contribution in [0.5, 0.6) is 0 Å². The zero-order chi connectivity index (χ0) is 14.4. The Morgan fingerprint density at radius 1 is 1.10 bits per heavy atom. The molecule has 106 valence electrons. The van der Waals surface area contributed by atoms with E-state index >= 15 is 0 Å². The lowest BCUT2D eigenvalue weighted by atomic mass is 10.2. The van der Waals surface area contributed by atoms with Gasteiger partial charge in [-0.15, -0.1) is 0 Å². The molecular formula is C16H17ClFNS. The van der Waals surface area contributed by atoms with Crippen molar-refractivity contribution in [3.63, 3.8) is 0 Å². The molecule has 4 heteroatoms. The average Bonchev–Trinajstić information content (AvgIpc) is 2.44. The van der Waals surface area contributed by atoms with Gasteiger partial charge in [-0.1, -0.05) is 48.5 Å². The molecule has 0 aromatic heterocycles. The first-order valence-corrected chi connectivity index (χ1v) is 7.82. The van der Waals surface area contributed by atoms with Gasteiger partial charge in [0, 0.05) is 21.4 Å². The monoisotopic (exact) mass is 309 g/mol. The molecule has 0 amide bonds. The highest BCUT2D eigenvalue weighted by atomic mass is 35.5. The van der Waals surface area contributed by atoms with Crippen LogP contribution in [0.25, 0.3) is 0 Å². The summed E-state index contributed by atoms with van der Waals surface area (Å²) in [6, 6.07) is 12.5. The average molecular weight is 310 g/mol. The highest BCUT2D eigenvalue weighted by Gasteiger charge is 2.10. The lowest BCUT2D eigenvalue weighted by molar-refractivity contribution is 0.602. The van der Waals surface area contributed by atoms with Gasteiger partial charge in [0.15, 0.2) is 0 Å². The van der Waals surface area contributed by atoms with Crippen LogP contribution in [0.4, 0.5) is 4.39 Å². The van der Waals surface area contributed by atoms with E-state index in [1.807, 2.05) is 24.3 Å². The van der Waals surface area contributed by atoms with Gasteiger partial charge in [0.2, 0.25) is 0 Å². The number of hydrogen-bond donors (Lipinski definition) is 1. The van der Waals surface area contributed by atoms with Crippen LogP contribution < -0.4 is 5.32 Å². The van der Waals surface area contributed by atoms with Crippen molar-refractivity contribution in [2.24, 2.45) is 0 Å². The van der Waals surface area contributed by atoms with Crippen LogP contribution in [0.2, 0.25) is 5.02 Å². The van der Waals surface area contributed by atoms with Gasteiger partial charge in [0.25, 0.3) is 0 Å². The Balaban J connectivity index is 2.23. The Labute approximate surface area is 128 Å². The summed E-state index contributed by atoms with van der Waals surface area (Å²) in [5, 5.41) is 4.06. The van der Waals surface area contributed by atoms with E-state index in [2.05, 4.69) is 12.2 Å². The lowest BCUT2D eigenvalue weighted by Gasteiger charge is -2.12. The van der Waals surface area contributed by atoms with Crippen molar-refractivity contribution in [1.29, 1.82) is 0 Å². The second-order valence-electron chi connectivity index (χ2n) is 4.43. The van der Waals surface area contributed by atoms with Crippen molar-refractivity contribution in [3.05, 3.63) is 58.9 Å². The summed E-state index contributed by atoms with van der Waals surface area (Å²) in [5.41, 5.74) is 1.02. The summed E-state index contributed by atoms with van der Waals surface area (Å²) in [6.07, 6.45) is 1.07. The normalized spacial score (nSPS) is 10.8. The lowest BCUT2D eigenvalue weighted by Crippen LogP contribution is -2.14. The van der Waals surface area contributed by atoms with Crippen LogP contribution in [0.3, 0.4) is 0 Å². The molecule has 1 nitrogen and oxygen atoms in total. The molecule has 2 rings (SSSR count). The molecule has 0 heterocycles. The van der Waals surface area contributed by atoms with Crippen molar-refractivity contribution in [1.82, 2.24) is 5.32 Å². The number of hydrogen-bond acceptors (Lipinski definition) is 2. The number of rotatable bonds is 6. The summed E-state index contributed by atoms with van der Waals surface area (Å²) < 4.78 is 13.7. The molecule has 0 radical (unpaired) electrons. The largest absolute Gasteiger partial charge is 0.313 e. The van der Waals surface area contributed by atoms with Crippen molar-refractivity contribution < 1.29 is 4.39 Å². The fourth-order valence-corrected chi connectivity index (χ4v) is 3.14. The Kier molecular flexibility index (Phi) is 5.89. The first-order chi connectivity index (χ1) is 9.72. The van der Waals surface area contributed by atoms with E-state index in [9.17, 15) is 4.39 Å². The van der Waals surface area contributed by atoms with E-state index in [1.54, 1.807) is 12.1 Å². The molecule has 0 saturated heterocycles. The third-order valence-electron chi connectivity index (χ3n) is 2.86. The molecule has 20 heavy (non-hydrogen) atoms. The third-order valence-corrected chi connectivity index (χ3v) is 4.37. The number of halogens is 2. The van der Waals surface area contributed by atoms with Gasteiger partial charge < -0.3 is 5.32 Å². The van der Waals surface area contributed by atoms with E-state index in [4.69, 9.17) is 11.6 Å². The van der Waals surface area contributed by atoms with Crippen LogP contribution in [-0.4, -0.2) is 6.54 Å². The maximum atomic E-state index is 13.7. The van der Waals surface area contributed by atoms with Crippen molar-refractivity contribution >= 4 is 23.4 Å². The quantitative estimate of drug-likeness (QED) is 0.742. The van der Waals surface area contributed by atoms with E-state index in [0.29, 0.717) is 11.4 Å². The summed E-state index contributed by atoms with van der Waals surface area (Å²) in [6.45, 7) is 3.76. The molecule has 0 unspecified atom stereocenters. The topological polar surface area (TPSA) is 12.0 Å². The molecule has 0 saturated carbocycles. The third kappa shape index (κ3) is 3.98. The Hall–Kier alpha value is -1.03. The molecule has 0 atom stereocenters. The Bertz CT molecular complexity index is 574. The molecule has 2 aromatic carbocycles. The summed E-state index contributed by atoms with van der Waals surface area (Å²) >= 11 is 7.68. The molecule has 0 fully saturated rings. The second-order valence-corrected chi connectivity index (χ2v) is 5.92. The zero-order valence-electron chi connectivity index (χ0n) is 11.3. The fraction of sp³-hybridized carbons (Fsp3) is 0.250. The Morgan fingerprint density at radius 2 is 1.85 bits per heavy atom. The molecule has 2 aromatic rings. The number of benzene rings is 2. The zero-order valence-corrected chi connectivity index (χ0v) is 12.9. The highest BCUT2D eigenvalue weighted by Crippen LogP contribution is 2.34. The highest BCUT2D eigenvalue weighted by molar-refractivity contribution is 7.99. The van der Waals surface area contributed by atoms with Crippen LogP contribution in [0.1, 0.15) is 18.9 Å². The maximum absolute atomic E-state index is 13.7. The van der Waals surface area contributed by atoms with Crippen molar-refractivity contribution in [2.45, 2.75) is 29.7 Å². The minimum Gasteiger partial charge on any atom is -0.313 e. The second kappa shape index (κ2) is 7.67. The van der Waals surface area contributed by atoms with Gasteiger partial charge in [0.1, 0.15) is 5.82 Å². The van der Waals surface area contributed by atoms with Crippen LogP contribution in [0, 0.1) is 5.82 Å². The van der Waals surface area contributed by atoms with E-state index in [1.165, 1.54) is 17.8 Å². The first kappa shape index (κ1) is 15.4. The van der Waals surface area contributed by atoms with E-state index in [-0.39, 0.29) is 5.82 Å². The molecule has 1 N–H and O–H groups in total. The van der Waals surface area contributed by atoms with Gasteiger partial charge in [-0.3, -0.25) is 0 Å². The molecule has 0 aliphatic rings. The van der Waals surface area contributed by atoms with Crippen molar-refractivity contribution in [2.75, 3.05) is 6.54 Å². The Morgan fingerprint density at radius 3 is 2.60 bits per heavy atom. The van der Waals surface area contributed by atoms with Crippen molar-refractivity contribution in [3.8, 4) is 0 Å². The van der Waals surface area contributed by atoms with Gasteiger partial charge in [-0.2, -0.15) is 0 Å². The van der Waals surface area contributed by atoms with Gasteiger partial charge in [-0.05, 0) is 42.8 Å². The van der Waals surface area contributed by atoms with Gasteiger partial charge in [-0.25, -0.2) is 4.39 Å². The molecule has 0 aliphatic carbocycles. The molecule has 0 bridgehead atoms. The van der Waals surface area contributed by atoms with Crippen LogP contribution in [-0.2, 0) is 6.54 Å². The SMILES string of the molecule is CCCNCc1c(Cl)cccc1Sc1ccccc1F. The predicted molar refractivity (Wildman–Crippen MR) is 84.0 cm³/mol. The smallest absolute Gasteiger partial charge is 0.137 e. The van der Waals surface area contributed by atoms with Gasteiger partial charge in [0.05, 0.1) is 0 Å². The summed E-state index contributed by atoms with van der Waals surface area (Å²) in [5.74, 6) is -0.204. The summed E-state index contributed by atoms with van der Waals surface area (Å²) in [7, 11) is 0. The standard InChI is InChI=1S/C16H17ClFNS/c1-2-10-19-11-12-13(17)6-5-9-15(12)20-16-8-4-3-7-14(16)18/h3-9,19H,2,10-11H2,1H3. The molecule has 0 spiro atoms. The van der Waals surface area contributed by atoms with E-state index < -0.39 is 0 Å². The maximum Gasteiger partial charge on any atom is 0.137 e. The van der Waals surface area contributed by atoms with Crippen LogP contribution in [0.15, 0.2) is 52.3 Å². The minimum absolute atomic E-state index is 0.204. The van der Waals surface area contributed by atoms with Gasteiger partial charge >= 0.3 is 0 Å². The molecular weight excluding hydrogens is 293 g/mol. The predicted octanol–water partition coefficient (Wildman–Crippen LogP) is 5.13. The molecule has 0 aliphatic heterocycles. The van der Waals surface area contributed by atoms with Crippen LogP contribution >= 0.6 is 23.4 Å².